The minimum Gasteiger partial charge on any atom is -0.449 e. The van der Waals surface area contributed by atoms with Gasteiger partial charge in [-0.05, 0) is 18.1 Å². The zero-order valence-corrected chi connectivity index (χ0v) is 11.3. The molecule has 2 amide bonds. The van der Waals surface area contributed by atoms with E-state index >= 15 is 0 Å². The van der Waals surface area contributed by atoms with Crippen LogP contribution in [-0.2, 0) is 4.79 Å². The maximum Gasteiger partial charge on any atom is 0.286 e. The molecular weight excluding hydrogens is 255 g/mol. The number of carbonyl (C=O) groups is 2. The molecule has 0 saturated heterocycles. The smallest absolute Gasteiger partial charge is 0.286 e. The van der Waals surface area contributed by atoms with E-state index in [1.54, 1.807) is 24.3 Å². The number of primary amides is 1. The summed E-state index contributed by atoms with van der Waals surface area (Å²) < 4.78 is 5.37. The summed E-state index contributed by atoms with van der Waals surface area (Å²) in [6.45, 7) is 3.68. The fourth-order valence-electron chi connectivity index (χ4n) is 1.85. The number of benzene rings is 1. The van der Waals surface area contributed by atoms with Crippen LogP contribution in [0.15, 0.2) is 28.7 Å². The quantitative estimate of drug-likeness (QED) is 0.834. The number of fused-ring (bicyclic) bond motifs is 1. The third-order valence-corrected chi connectivity index (χ3v) is 3.09. The van der Waals surface area contributed by atoms with Gasteiger partial charge < -0.3 is 15.5 Å². The molecule has 1 aromatic heterocycles. The molecule has 0 spiro atoms. The van der Waals surface area contributed by atoms with Gasteiger partial charge in [0.15, 0.2) is 0 Å². The van der Waals surface area contributed by atoms with Crippen LogP contribution < -0.4 is 11.1 Å². The van der Waals surface area contributed by atoms with Crippen molar-refractivity contribution >= 4 is 36.3 Å². The summed E-state index contributed by atoms with van der Waals surface area (Å²) in [6, 6.07) is 6.98. The van der Waals surface area contributed by atoms with Gasteiger partial charge in [0.2, 0.25) is 11.7 Å². The Kier molecular flexibility index (Phi) is 3.83. The minimum atomic E-state index is -0.741. The Hall–Kier alpha value is -2.24. The number of anilines is 1. The minimum absolute atomic E-state index is 0.0230. The Bertz CT molecular complexity index is 663. The number of carbonyl (C=O) groups excluding carboxylic acids is 2. The molecule has 5 nitrogen and oxygen atoms in total. The van der Waals surface area contributed by atoms with E-state index < -0.39 is 11.7 Å². The predicted molar refractivity (Wildman–Crippen MR) is 77.7 cm³/mol. The van der Waals surface area contributed by atoms with Gasteiger partial charge in [-0.3, -0.25) is 9.59 Å². The molecule has 0 aliphatic heterocycles. The summed E-state index contributed by atoms with van der Waals surface area (Å²) in [5, 5.41) is 3.25. The maximum absolute atomic E-state index is 12.0. The van der Waals surface area contributed by atoms with Gasteiger partial charge in [0.05, 0.1) is 7.85 Å². The van der Waals surface area contributed by atoms with Gasteiger partial charge in [0, 0.05) is 11.2 Å². The fourth-order valence-corrected chi connectivity index (χ4v) is 1.85. The van der Waals surface area contributed by atoms with Crippen LogP contribution in [0, 0.1) is 5.92 Å². The van der Waals surface area contributed by atoms with Gasteiger partial charge in [-0.15, -0.1) is 0 Å². The van der Waals surface area contributed by atoms with Crippen molar-refractivity contribution in [2.45, 2.75) is 19.7 Å². The highest BCUT2D eigenvalue weighted by molar-refractivity contribution is 6.27. The van der Waals surface area contributed by atoms with Gasteiger partial charge in [0.1, 0.15) is 11.3 Å². The van der Waals surface area contributed by atoms with E-state index in [0.717, 1.165) is 0 Å². The number of rotatable bonds is 4. The molecule has 2 radical (unpaired) electrons. The average Bonchev–Trinajstić information content (AvgIpc) is 2.77. The molecule has 102 valence electrons. The monoisotopic (exact) mass is 270 g/mol. The van der Waals surface area contributed by atoms with Crippen LogP contribution in [0.5, 0.6) is 0 Å². The van der Waals surface area contributed by atoms with Gasteiger partial charge in [-0.1, -0.05) is 26.0 Å². The second-order valence-corrected chi connectivity index (χ2v) is 4.93. The molecule has 1 atom stereocenters. The summed E-state index contributed by atoms with van der Waals surface area (Å²) in [6.07, 6.45) is 0. The summed E-state index contributed by atoms with van der Waals surface area (Å²) in [7, 11) is 5.79. The molecule has 0 saturated carbocycles. The first-order valence-electron chi connectivity index (χ1n) is 6.29. The van der Waals surface area contributed by atoms with E-state index in [2.05, 4.69) is 5.32 Å². The molecule has 6 heteroatoms. The van der Waals surface area contributed by atoms with E-state index in [1.165, 1.54) is 0 Å². The topological polar surface area (TPSA) is 85.3 Å². The molecule has 0 fully saturated rings. The van der Waals surface area contributed by atoms with E-state index in [0.29, 0.717) is 11.0 Å². The first-order chi connectivity index (χ1) is 9.41. The van der Waals surface area contributed by atoms with Crippen molar-refractivity contribution in [2.24, 2.45) is 11.7 Å². The second-order valence-electron chi connectivity index (χ2n) is 4.93. The number of nitrogens with one attached hydrogen (secondary N) is 1. The highest BCUT2D eigenvalue weighted by atomic mass is 16.3. The predicted octanol–water partition coefficient (Wildman–Crippen LogP) is 2.08. The molecule has 3 N–H and O–H groups in total. The zero-order chi connectivity index (χ0) is 14.9. The Morgan fingerprint density at radius 2 is 1.95 bits per heavy atom. The largest absolute Gasteiger partial charge is 0.449 e. The number of para-hydroxylation sites is 1. The summed E-state index contributed by atoms with van der Waals surface area (Å²) in [4.78, 5) is 23.5. The molecule has 0 bridgehead atoms. The molecule has 2 rings (SSSR count). The molecule has 0 unspecified atom stereocenters. The van der Waals surface area contributed by atoms with Crippen molar-refractivity contribution < 1.29 is 14.0 Å². The van der Waals surface area contributed by atoms with E-state index in [4.69, 9.17) is 18.0 Å². The SMILES string of the molecule is [B][C@H](C(=O)Nc1c(C(N)=O)oc2ccccc12)C(C)C. The highest BCUT2D eigenvalue weighted by Gasteiger charge is 2.23. The molecule has 20 heavy (non-hydrogen) atoms. The Morgan fingerprint density at radius 1 is 1.30 bits per heavy atom. The average molecular weight is 270 g/mol. The van der Waals surface area contributed by atoms with Crippen molar-refractivity contribution in [3.63, 3.8) is 0 Å². The number of hydrogen-bond acceptors (Lipinski definition) is 3. The summed E-state index contributed by atoms with van der Waals surface area (Å²) >= 11 is 0. The Morgan fingerprint density at radius 3 is 2.55 bits per heavy atom. The van der Waals surface area contributed by atoms with Gasteiger partial charge in [-0.2, -0.15) is 0 Å². The van der Waals surface area contributed by atoms with Crippen LogP contribution in [0.2, 0.25) is 5.82 Å². The van der Waals surface area contributed by atoms with Gasteiger partial charge in [-0.25, -0.2) is 0 Å². The molecule has 0 aliphatic carbocycles. The van der Waals surface area contributed by atoms with Crippen molar-refractivity contribution in [3.05, 3.63) is 30.0 Å². The molecule has 2 aromatic rings. The summed E-state index contributed by atoms with van der Waals surface area (Å²) in [5.74, 6) is -1.89. The Balaban J connectivity index is 2.44. The van der Waals surface area contributed by atoms with Crippen molar-refractivity contribution in [2.75, 3.05) is 5.32 Å². The van der Waals surface area contributed by atoms with Crippen LogP contribution in [0.3, 0.4) is 0 Å². The molecule has 0 aliphatic rings. The number of hydrogen-bond donors (Lipinski definition) is 2. The fraction of sp³-hybridized carbons (Fsp3) is 0.286. The van der Waals surface area contributed by atoms with Gasteiger partial charge >= 0.3 is 0 Å². The second kappa shape index (κ2) is 5.40. The van der Waals surface area contributed by atoms with Gasteiger partial charge in [0.25, 0.3) is 5.91 Å². The van der Waals surface area contributed by atoms with E-state index in [9.17, 15) is 9.59 Å². The van der Waals surface area contributed by atoms with Crippen LogP contribution in [0.4, 0.5) is 5.69 Å². The molecule has 1 heterocycles. The zero-order valence-electron chi connectivity index (χ0n) is 11.3. The lowest BCUT2D eigenvalue weighted by Crippen LogP contribution is -2.23. The van der Waals surface area contributed by atoms with Crippen LogP contribution in [-0.4, -0.2) is 19.7 Å². The van der Waals surface area contributed by atoms with E-state index in [-0.39, 0.29) is 23.3 Å². The lowest BCUT2D eigenvalue weighted by Gasteiger charge is -2.15. The number of amides is 2. The molecule has 1 aromatic carbocycles. The lowest BCUT2D eigenvalue weighted by molar-refractivity contribution is -0.116. The third-order valence-electron chi connectivity index (χ3n) is 3.09. The third kappa shape index (κ3) is 2.54. The number of furan rings is 1. The first-order valence-corrected chi connectivity index (χ1v) is 6.29. The van der Waals surface area contributed by atoms with E-state index in [1.807, 2.05) is 13.8 Å². The van der Waals surface area contributed by atoms with Crippen LogP contribution in [0.25, 0.3) is 11.0 Å². The first kappa shape index (κ1) is 14.2. The highest BCUT2D eigenvalue weighted by Crippen LogP contribution is 2.31. The van der Waals surface area contributed by atoms with Crippen LogP contribution in [0.1, 0.15) is 24.4 Å². The Labute approximate surface area is 117 Å². The standard InChI is InChI=1S/C14H15BN2O3/c1-7(2)10(15)14(19)17-11-8-5-3-4-6-9(8)20-12(11)13(16)18/h3-7,10H,1-2H3,(H2,16,18)(H,17,19)/t10-/m0/s1. The van der Waals surface area contributed by atoms with Crippen LogP contribution >= 0.6 is 0 Å². The van der Waals surface area contributed by atoms with Crippen molar-refractivity contribution in [1.82, 2.24) is 0 Å². The normalized spacial score (nSPS) is 12.6. The van der Waals surface area contributed by atoms with Crippen molar-refractivity contribution in [3.8, 4) is 0 Å². The summed E-state index contributed by atoms with van der Waals surface area (Å²) in [5.41, 5.74) is 6.03. The lowest BCUT2D eigenvalue weighted by atomic mass is 9.77. The number of nitrogens with two attached hydrogens (primary N) is 1. The van der Waals surface area contributed by atoms with Crippen molar-refractivity contribution in [1.29, 1.82) is 0 Å². The maximum atomic E-state index is 12.0. The molecular formula is C14H15BN2O3.